The number of rotatable bonds is 3. The molecule has 2 atom stereocenters. The van der Waals surface area contributed by atoms with Crippen LogP contribution in [0.1, 0.15) is 19.8 Å². The summed E-state index contributed by atoms with van der Waals surface area (Å²) in [6.07, 6.45) is -3.63. The first-order chi connectivity index (χ1) is 9.59. The number of ether oxygens (including phenoxy) is 1. The molecule has 1 aliphatic heterocycles. The predicted octanol–water partition coefficient (Wildman–Crippen LogP) is 1.38. The Labute approximate surface area is 119 Å². The van der Waals surface area contributed by atoms with Gasteiger partial charge in [0.25, 0.3) is 0 Å². The first-order valence-corrected chi connectivity index (χ1v) is 5.89. The Balaban J connectivity index is 0.000000486. The molecule has 0 aliphatic carbocycles. The van der Waals surface area contributed by atoms with Gasteiger partial charge in [-0.05, 0) is 19.4 Å². The summed E-state index contributed by atoms with van der Waals surface area (Å²) in [6.45, 7) is 5.84. The van der Waals surface area contributed by atoms with Crippen molar-refractivity contribution in [2.24, 2.45) is 0 Å². The van der Waals surface area contributed by atoms with Gasteiger partial charge < -0.3 is 15.2 Å². The van der Waals surface area contributed by atoms with Gasteiger partial charge in [-0.1, -0.05) is 6.58 Å². The van der Waals surface area contributed by atoms with Crippen LogP contribution in [0.3, 0.4) is 0 Å². The third-order valence-corrected chi connectivity index (χ3v) is 2.49. The molecule has 9 heteroatoms. The number of carbonyl (C=O) groups excluding carboxylic acids is 1. The number of nitrogens with zero attached hydrogens (tertiary/aromatic N) is 1. The molecule has 2 N–H and O–H groups in total. The zero-order valence-electron chi connectivity index (χ0n) is 11.2. The molecular formula is C12H15F3N2O4. The molecule has 1 heterocycles. The summed E-state index contributed by atoms with van der Waals surface area (Å²) >= 11 is 0. The summed E-state index contributed by atoms with van der Waals surface area (Å²) in [7, 11) is 0. The van der Waals surface area contributed by atoms with Crippen molar-refractivity contribution < 1.29 is 32.6 Å². The summed E-state index contributed by atoms with van der Waals surface area (Å²) in [5, 5.41) is 19.0. The van der Waals surface area contributed by atoms with E-state index >= 15 is 0 Å². The van der Waals surface area contributed by atoms with Gasteiger partial charge >= 0.3 is 18.1 Å². The second-order valence-electron chi connectivity index (χ2n) is 4.17. The first kappa shape index (κ1) is 18.9. The molecule has 118 valence electrons. The van der Waals surface area contributed by atoms with Crippen LogP contribution in [-0.2, 0) is 14.3 Å². The largest absolute Gasteiger partial charge is 0.490 e. The van der Waals surface area contributed by atoms with Crippen LogP contribution in [0, 0.1) is 11.3 Å². The molecule has 0 saturated carbocycles. The van der Waals surface area contributed by atoms with E-state index < -0.39 is 18.2 Å². The Hall–Kier alpha value is -2.08. The first-order valence-electron chi connectivity index (χ1n) is 5.89. The van der Waals surface area contributed by atoms with E-state index in [-0.39, 0.29) is 12.0 Å². The highest BCUT2D eigenvalue weighted by atomic mass is 19.4. The lowest BCUT2D eigenvalue weighted by molar-refractivity contribution is -0.192. The van der Waals surface area contributed by atoms with E-state index in [1.807, 2.05) is 6.07 Å². The smallest absolute Gasteiger partial charge is 0.475 e. The fourth-order valence-electron chi connectivity index (χ4n) is 1.61. The van der Waals surface area contributed by atoms with Crippen molar-refractivity contribution in [2.45, 2.75) is 38.1 Å². The van der Waals surface area contributed by atoms with E-state index in [0.29, 0.717) is 5.57 Å². The molecule has 0 aromatic carbocycles. The maximum absolute atomic E-state index is 10.8. The quantitative estimate of drug-likeness (QED) is 0.603. The third-order valence-electron chi connectivity index (χ3n) is 2.49. The zero-order chi connectivity index (χ0) is 16.6. The topological polar surface area (TPSA) is 99.4 Å². The molecule has 0 bridgehead atoms. The van der Waals surface area contributed by atoms with Crippen molar-refractivity contribution >= 4 is 11.9 Å². The molecule has 1 aliphatic rings. The van der Waals surface area contributed by atoms with E-state index in [0.717, 1.165) is 19.4 Å². The van der Waals surface area contributed by atoms with Gasteiger partial charge in [-0.3, -0.25) is 4.79 Å². The number of hydrogen-bond acceptors (Lipinski definition) is 5. The highest BCUT2D eigenvalue weighted by Gasteiger charge is 2.38. The summed E-state index contributed by atoms with van der Waals surface area (Å²) in [4.78, 5) is 19.7. The lowest BCUT2D eigenvalue weighted by Gasteiger charge is -2.21. The summed E-state index contributed by atoms with van der Waals surface area (Å²) in [6, 6.07) is 1.98. The van der Waals surface area contributed by atoms with Gasteiger partial charge in [0.2, 0.25) is 0 Å². The number of aliphatic carboxylic acids is 1. The second-order valence-corrected chi connectivity index (χ2v) is 4.17. The maximum Gasteiger partial charge on any atom is 0.490 e. The molecule has 0 aromatic heterocycles. The highest BCUT2D eigenvalue weighted by molar-refractivity contribution is 5.73. The van der Waals surface area contributed by atoms with Crippen molar-refractivity contribution in [2.75, 3.05) is 6.54 Å². The van der Waals surface area contributed by atoms with Crippen LogP contribution in [0.5, 0.6) is 0 Å². The Kier molecular flexibility index (Phi) is 7.44. The molecular weight excluding hydrogens is 293 g/mol. The Bertz CT molecular complexity index is 437. The van der Waals surface area contributed by atoms with Crippen LogP contribution in [0.25, 0.3) is 0 Å². The van der Waals surface area contributed by atoms with Crippen LogP contribution in [0.15, 0.2) is 12.2 Å². The Morgan fingerprint density at radius 3 is 2.33 bits per heavy atom. The molecule has 1 rings (SSSR count). The number of halogens is 3. The number of carboxylic acid groups (broad SMARTS) is 1. The molecule has 0 radical (unpaired) electrons. The molecule has 1 fully saturated rings. The van der Waals surface area contributed by atoms with E-state index in [1.165, 1.54) is 6.92 Å². The monoisotopic (exact) mass is 308 g/mol. The molecule has 21 heavy (non-hydrogen) atoms. The van der Waals surface area contributed by atoms with Crippen LogP contribution in [0.2, 0.25) is 0 Å². The molecule has 0 spiro atoms. The second kappa shape index (κ2) is 8.26. The van der Waals surface area contributed by atoms with Crippen LogP contribution in [-0.4, -0.2) is 41.9 Å². The van der Waals surface area contributed by atoms with Gasteiger partial charge in [0.05, 0.1) is 11.6 Å². The van der Waals surface area contributed by atoms with Crippen molar-refractivity contribution in [3.05, 3.63) is 12.2 Å². The van der Waals surface area contributed by atoms with Gasteiger partial charge in [0.15, 0.2) is 6.10 Å². The summed E-state index contributed by atoms with van der Waals surface area (Å²) in [5.41, 5.74) is 0.305. The van der Waals surface area contributed by atoms with Crippen molar-refractivity contribution in [3.8, 4) is 6.07 Å². The number of hydrogen-bond donors (Lipinski definition) is 2. The predicted molar refractivity (Wildman–Crippen MR) is 65.0 cm³/mol. The van der Waals surface area contributed by atoms with Gasteiger partial charge in [0, 0.05) is 13.0 Å². The lowest BCUT2D eigenvalue weighted by atomic mass is 10.0. The number of esters is 1. The van der Waals surface area contributed by atoms with E-state index in [4.69, 9.17) is 19.9 Å². The van der Waals surface area contributed by atoms with Gasteiger partial charge in [-0.2, -0.15) is 18.4 Å². The average Bonchev–Trinajstić information content (AvgIpc) is 2.88. The fourth-order valence-corrected chi connectivity index (χ4v) is 1.61. The summed E-state index contributed by atoms with van der Waals surface area (Å²) < 4.78 is 36.8. The highest BCUT2D eigenvalue weighted by Crippen LogP contribution is 2.17. The van der Waals surface area contributed by atoms with Crippen LogP contribution >= 0.6 is 0 Å². The Morgan fingerprint density at radius 1 is 1.52 bits per heavy atom. The van der Waals surface area contributed by atoms with Crippen molar-refractivity contribution in [1.82, 2.24) is 5.32 Å². The van der Waals surface area contributed by atoms with E-state index in [9.17, 15) is 18.0 Å². The van der Waals surface area contributed by atoms with Crippen molar-refractivity contribution in [1.29, 1.82) is 5.26 Å². The molecule has 1 unspecified atom stereocenters. The molecule has 1 saturated heterocycles. The summed E-state index contributed by atoms with van der Waals surface area (Å²) in [5.74, 6) is -3.13. The van der Waals surface area contributed by atoms with E-state index in [1.54, 1.807) is 0 Å². The van der Waals surface area contributed by atoms with Gasteiger partial charge in [-0.25, -0.2) is 4.79 Å². The van der Waals surface area contributed by atoms with Crippen molar-refractivity contribution in [3.63, 3.8) is 0 Å². The molecule has 0 aromatic rings. The number of nitrogens with one attached hydrogen (secondary N) is 1. The minimum Gasteiger partial charge on any atom is -0.475 e. The van der Waals surface area contributed by atoms with Crippen LogP contribution in [0.4, 0.5) is 13.2 Å². The van der Waals surface area contributed by atoms with Gasteiger partial charge in [-0.15, -0.1) is 0 Å². The minimum atomic E-state index is -5.08. The lowest BCUT2D eigenvalue weighted by Crippen LogP contribution is -2.38. The number of alkyl halides is 3. The normalized spacial score (nSPS) is 18.7. The van der Waals surface area contributed by atoms with E-state index in [2.05, 4.69) is 11.9 Å². The number of carbonyl (C=O) groups is 2. The number of carboxylic acids is 1. The SMILES string of the molecule is C=C(C#N)C(OC(C)=O)[C@@H]1CCCN1.O=C(O)C(F)(F)F. The fraction of sp³-hybridized carbons (Fsp3) is 0.583. The maximum atomic E-state index is 10.8. The minimum absolute atomic E-state index is 0.0473. The number of nitriles is 1. The molecule has 6 nitrogen and oxygen atoms in total. The van der Waals surface area contributed by atoms with Crippen LogP contribution < -0.4 is 5.32 Å². The standard InChI is InChI=1S/C10H14N2O2.C2HF3O2/c1-7(6-11)10(14-8(2)13)9-4-3-5-12-9;3-2(4,5)1(6)7/h9-10,12H,1,3-5H2,2H3;(H,6,7)/t9-,10?;/m0./s1. The average molecular weight is 308 g/mol. The zero-order valence-corrected chi connectivity index (χ0v) is 11.2. The Morgan fingerprint density at radius 2 is 2.05 bits per heavy atom. The third kappa shape index (κ3) is 7.31. The van der Waals surface area contributed by atoms with Gasteiger partial charge in [0.1, 0.15) is 0 Å². The molecule has 0 amide bonds.